The monoisotopic (exact) mass is 387 g/mol. The molecule has 0 heterocycles. The Morgan fingerprint density at radius 1 is 1.21 bits per heavy atom. The number of benzene rings is 1. The van der Waals surface area contributed by atoms with E-state index in [1.165, 1.54) is 0 Å². The van der Waals surface area contributed by atoms with E-state index in [0.717, 1.165) is 5.56 Å². The molecule has 28 heavy (non-hydrogen) atoms. The van der Waals surface area contributed by atoms with Crippen molar-refractivity contribution in [3.05, 3.63) is 35.9 Å². The molecule has 0 aromatic heterocycles. The van der Waals surface area contributed by atoms with Crippen molar-refractivity contribution in [1.29, 1.82) is 0 Å². The highest BCUT2D eigenvalue weighted by molar-refractivity contribution is 5.86. The quantitative estimate of drug-likeness (QED) is 0.722. The van der Waals surface area contributed by atoms with E-state index in [-0.39, 0.29) is 42.0 Å². The van der Waals surface area contributed by atoms with E-state index in [1.807, 2.05) is 58.0 Å². The first kappa shape index (κ1) is 22.1. The Morgan fingerprint density at radius 2 is 1.89 bits per heavy atom. The molecule has 1 aromatic rings. The van der Waals surface area contributed by atoms with Crippen LogP contribution in [0.1, 0.15) is 65.4 Å². The molecule has 1 N–H and O–H groups in total. The van der Waals surface area contributed by atoms with Gasteiger partial charge >= 0.3 is 5.97 Å². The molecule has 3 atom stereocenters. The zero-order valence-electron chi connectivity index (χ0n) is 17.5. The van der Waals surface area contributed by atoms with Gasteiger partial charge in [-0.15, -0.1) is 0 Å². The first-order valence-electron chi connectivity index (χ1n) is 10.2. The molecule has 0 aliphatic heterocycles. The smallest absolute Gasteiger partial charge is 0.306 e. The fourth-order valence-electron chi connectivity index (χ4n) is 3.60. The highest BCUT2D eigenvalue weighted by atomic mass is 16.6. The Morgan fingerprint density at radius 3 is 2.50 bits per heavy atom. The Hall–Kier alpha value is -2.17. The maximum absolute atomic E-state index is 12.8. The lowest BCUT2D eigenvalue weighted by atomic mass is 9.81. The third kappa shape index (κ3) is 7.45. The Balaban J connectivity index is 1.98. The Bertz CT molecular complexity index is 678. The van der Waals surface area contributed by atoms with Crippen molar-refractivity contribution >= 4 is 17.7 Å². The Labute approximate surface area is 168 Å². The van der Waals surface area contributed by atoms with E-state index >= 15 is 0 Å². The summed E-state index contributed by atoms with van der Waals surface area (Å²) < 4.78 is 5.40. The highest BCUT2D eigenvalue weighted by Crippen LogP contribution is 2.26. The van der Waals surface area contributed by atoms with Crippen molar-refractivity contribution in [2.45, 2.75) is 77.9 Å². The van der Waals surface area contributed by atoms with Gasteiger partial charge in [-0.2, -0.15) is 0 Å². The average Bonchev–Trinajstić information content (AvgIpc) is 2.61. The molecule has 1 saturated carbocycles. The van der Waals surface area contributed by atoms with Crippen LogP contribution in [0.15, 0.2) is 30.3 Å². The maximum Gasteiger partial charge on any atom is 0.306 e. The zero-order chi connectivity index (χ0) is 20.7. The first-order valence-corrected chi connectivity index (χ1v) is 10.2. The second-order valence-electron chi connectivity index (χ2n) is 8.86. The number of nitrogens with one attached hydrogen (secondary N) is 1. The molecule has 1 fully saturated rings. The van der Waals surface area contributed by atoms with Gasteiger partial charge in [0, 0.05) is 30.7 Å². The second-order valence-corrected chi connectivity index (χ2v) is 8.86. The minimum atomic E-state index is -0.514. The second kappa shape index (κ2) is 9.85. The van der Waals surface area contributed by atoms with Gasteiger partial charge < -0.3 is 10.1 Å². The van der Waals surface area contributed by atoms with Crippen molar-refractivity contribution in [2.24, 2.45) is 11.8 Å². The van der Waals surface area contributed by atoms with E-state index in [1.54, 1.807) is 0 Å². The van der Waals surface area contributed by atoms with Crippen LogP contribution in [0.25, 0.3) is 0 Å². The molecule has 154 valence electrons. The molecule has 1 aliphatic rings. The number of carbonyl (C=O) groups is 3. The third-order valence-corrected chi connectivity index (χ3v) is 5.09. The molecule has 0 radical (unpaired) electrons. The summed E-state index contributed by atoms with van der Waals surface area (Å²) in [6, 6.07) is 9.79. The van der Waals surface area contributed by atoms with Gasteiger partial charge in [0.1, 0.15) is 11.4 Å². The van der Waals surface area contributed by atoms with Gasteiger partial charge in [-0.1, -0.05) is 37.3 Å². The maximum atomic E-state index is 12.8. The molecule has 1 aromatic carbocycles. The van der Waals surface area contributed by atoms with Gasteiger partial charge in [-0.05, 0) is 52.0 Å². The molecule has 1 aliphatic carbocycles. The predicted octanol–water partition coefficient (Wildman–Crippen LogP) is 3.84. The SMILES string of the molecule is CC1CC(C(=O)NC(CCC(=O)OC(C)(C)C)Cc2ccccc2)CCC1=O. The molecule has 0 saturated heterocycles. The summed E-state index contributed by atoms with van der Waals surface area (Å²) in [5.41, 5.74) is 0.601. The topological polar surface area (TPSA) is 72.5 Å². The molecular formula is C23H33NO4. The van der Waals surface area contributed by atoms with Crippen LogP contribution < -0.4 is 5.32 Å². The summed E-state index contributed by atoms with van der Waals surface area (Å²) >= 11 is 0. The van der Waals surface area contributed by atoms with Gasteiger partial charge in [0.15, 0.2) is 0 Å². The largest absolute Gasteiger partial charge is 0.460 e. The van der Waals surface area contributed by atoms with Gasteiger partial charge in [0.2, 0.25) is 5.91 Å². The van der Waals surface area contributed by atoms with Crippen LogP contribution in [0, 0.1) is 11.8 Å². The fraction of sp³-hybridized carbons (Fsp3) is 0.609. The number of esters is 1. The van der Waals surface area contributed by atoms with Crippen molar-refractivity contribution < 1.29 is 19.1 Å². The van der Waals surface area contributed by atoms with E-state index in [2.05, 4.69) is 5.32 Å². The van der Waals surface area contributed by atoms with Crippen LogP contribution in [-0.2, 0) is 25.5 Å². The summed E-state index contributed by atoms with van der Waals surface area (Å²) in [6.07, 6.45) is 3.14. The summed E-state index contributed by atoms with van der Waals surface area (Å²) in [4.78, 5) is 36.6. The zero-order valence-corrected chi connectivity index (χ0v) is 17.5. The van der Waals surface area contributed by atoms with Crippen molar-refractivity contribution in [3.8, 4) is 0 Å². The lowest BCUT2D eigenvalue weighted by molar-refractivity contribution is -0.155. The first-order chi connectivity index (χ1) is 13.1. The lowest BCUT2D eigenvalue weighted by Gasteiger charge is -2.27. The van der Waals surface area contributed by atoms with Gasteiger partial charge in [0.05, 0.1) is 0 Å². The standard InChI is InChI=1S/C23H33NO4/c1-16-14-18(10-12-20(16)25)22(27)24-19(15-17-8-6-5-7-9-17)11-13-21(26)28-23(2,3)4/h5-9,16,18-19H,10-15H2,1-4H3,(H,24,27). The van der Waals surface area contributed by atoms with Crippen LogP contribution >= 0.6 is 0 Å². The number of hydrogen-bond donors (Lipinski definition) is 1. The molecule has 5 heteroatoms. The summed E-state index contributed by atoms with van der Waals surface area (Å²) in [5.74, 6) is -0.206. The number of amides is 1. The summed E-state index contributed by atoms with van der Waals surface area (Å²) in [5, 5.41) is 3.13. The van der Waals surface area contributed by atoms with E-state index in [4.69, 9.17) is 4.74 Å². The predicted molar refractivity (Wildman–Crippen MR) is 109 cm³/mol. The average molecular weight is 388 g/mol. The van der Waals surface area contributed by atoms with Crippen LogP contribution in [0.3, 0.4) is 0 Å². The highest BCUT2D eigenvalue weighted by Gasteiger charge is 2.31. The van der Waals surface area contributed by atoms with Gasteiger partial charge in [0.25, 0.3) is 0 Å². The molecule has 0 bridgehead atoms. The van der Waals surface area contributed by atoms with Crippen LogP contribution in [0.4, 0.5) is 0 Å². The number of hydrogen-bond acceptors (Lipinski definition) is 4. The van der Waals surface area contributed by atoms with Gasteiger partial charge in [-0.25, -0.2) is 0 Å². The number of ketones is 1. The number of rotatable bonds is 7. The number of carbonyl (C=O) groups excluding carboxylic acids is 3. The Kier molecular flexibility index (Phi) is 7.78. The van der Waals surface area contributed by atoms with Crippen LogP contribution in [-0.4, -0.2) is 29.3 Å². The third-order valence-electron chi connectivity index (χ3n) is 5.09. The van der Waals surface area contributed by atoms with Crippen LogP contribution in [0.2, 0.25) is 0 Å². The van der Waals surface area contributed by atoms with E-state index < -0.39 is 5.60 Å². The van der Waals surface area contributed by atoms with Crippen molar-refractivity contribution in [2.75, 3.05) is 0 Å². The number of ether oxygens (including phenoxy) is 1. The minimum Gasteiger partial charge on any atom is -0.460 e. The molecule has 5 nitrogen and oxygen atoms in total. The van der Waals surface area contributed by atoms with Crippen LogP contribution in [0.5, 0.6) is 0 Å². The van der Waals surface area contributed by atoms with E-state index in [9.17, 15) is 14.4 Å². The minimum absolute atomic E-state index is 0.00975. The molecule has 2 rings (SSSR count). The molecular weight excluding hydrogens is 354 g/mol. The normalized spacial score (nSPS) is 21.1. The fourth-order valence-corrected chi connectivity index (χ4v) is 3.60. The molecule has 1 amide bonds. The van der Waals surface area contributed by atoms with E-state index in [0.29, 0.717) is 32.1 Å². The van der Waals surface area contributed by atoms with Crippen molar-refractivity contribution in [3.63, 3.8) is 0 Å². The molecule has 0 spiro atoms. The van der Waals surface area contributed by atoms with Gasteiger partial charge in [-0.3, -0.25) is 14.4 Å². The number of Topliss-reactive ketones (excluding diaryl/α,β-unsaturated/α-hetero) is 1. The van der Waals surface area contributed by atoms with Crippen molar-refractivity contribution in [1.82, 2.24) is 5.32 Å². The summed E-state index contributed by atoms with van der Waals surface area (Å²) in [7, 11) is 0. The molecule has 3 unspecified atom stereocenters. The summed E-state index contributed by atoms with van der Waals surface area (Å²) in [6.45, 7) is 7.44. The lowest BCUT2D eigenvalue weighted by Crippen LogP contribution is -2.42.